The Labute approximate surface area is 73.4 Å². The normalized spacial score (nSPS) is 15.2. The van der Waals surface area contributed by atoms with Crippen LogP contribution < -0.4 is 0 Å². The Morgan fingerprint density at radius 1 is 1.42 bits per heavy atom. The highest BCUT2D eigenvalue weighted by Gasteiger charge is 2.20. The molecule has 0 radical (unpaired) electrons. The summed E-state index contributed by atoms with van der Waals surface area (Å²) in [6.07, 6.45) is 1.78. The fraction of sp³-hybridized carbons (Fsp3) is 0.273. The smallest absolute Gasteiger partial charge is 0.0559 e. The molecular formula is C11H14O. The molecule has 0 aromatic heterocycles. The molecule has 0 aliphatic carbocycles. The van der Waals surface area contributed by atoms with E-state index in [0.29, 0.717) is 0 Å². The lowest BCUT2D eigenvalue weighted by Crippen LogP contribution is -2.23. The largest absolute Gasteiger partial charge is 0.395 e. The van der Waals surface area contributed by atoms with Gasteiger partial charge in [0.2, 0.25) is 0 Å². The molecule has 0 amide bonds. The van der Waals surface area contributed by atoms with E-state index < -0.39 is 0 Å². The lowest BCUT2D eigenvalue weighted by atomic mass is 9.84. The van der Waals surface area contributed by atoms with Gasteiger partial charge in [-0.3, -0.25) is 0 Å². The second-order valence-corrected chi connectivity index (χ2v) is 3.15. The maximum absolute atomic E-state index is 9.17. The van der Waals surface area contributed by atoms with E-state index in [1.54, 1.807) is 6.08 Å². The average Bonchev–Trinajstić information content (AvgIpc) is 2.18. The van der Waals surface area contributed by atoms with Crippen LogP contribution in [0.5, 0.6) is 0 Å². The van der Waals surface area contributed by atoms with Gasteiger partial charge in [-0.05, 0) is 12.5 Å². The number of aliphatic hydroxyl groups is 1. The molecule has 1 atom stereocenters. The predicted molar refractivity (Wildman–Crippen MR) is 51.1 cm³/mol. The van der Waals surface area contributed by atoms with Crippen LogP contribution in [0.15, 0.2) is 43.0 Å². The molecule has 0 saturated heterocycles. The third-order valence-corrected chi connectivity index (χ3v) is 2.21. The van der Waals surface area contributed by atoms with Crippen molar-refractivity contribution in [1.82, 2.24) is 0 Å². The topological polar surface area (TPSA) is 20.2 Å². The first-order chi connectivity index (χ1) is 5.73. The Hall–Kier alpha value is -1.08. The summed E-state index contributed by atoms with van der Waals surface area (Å²) < 4.78 is 0. The lowest BCUT2D eigenvalue weighted by Gasteiger charge is -2.23. The first kappa shape index (κ1) is 9.01. The summed E-state index contributed by atoms with van der Waals surface area (Å²) in [7, 11) is 0. The van der Waals surface area contributed by atoms with Gasteiger partial charge in [-0.15, -0.1) is 6.58 Å². The van der Waals surface area contributed by atoms with E-state index in [1.165, 1.54) is 0 Å². The highest BCUT2D eigenvalue weighted by atomic mass is 16.3. The first-order valence-electron chi connectivity index (χ1n) is 4.03. The highest BCUT2D eigenvalue weighted by Crippen LogP contribution is 2.23. The molecule has 0 fully saturated rings. The van der Waals surface area contributed by atoms with Gasteiger partial charge >= 0.3 is 0 Å². The number of benzene rings is 1. The SMILES string of the molecule is C=C[C@](C)(CO)c1ccccc1. The van der Waals surface area contributed by atoms with Crippen molar-refractivity contribution in [3.8, 4) is 0 Å². The van der Waals surface area contributed by atoms with Crippen LogP contribution in [0.25, 0.3) is 0 Å². The molecule has 1 aromatic carbocycles. The number of rotatable bonds is 3. The lowest BCUT2D eigenvalue weighted by molar-refractivity contribution is 0.236. The van der Waals surface area contributed by atoms with Crippen molar-refractivity contribution in [3.63, 3.8) is 0 Å². The van der Waals surface area contributed by atoms with Crippen LogP contribution in [-0.4, -0.2) is 11.7 Å². The number of aliphatic hydroxyl groups excluding tert-OH is 1. The molecule has 1 aromatic rings. The predicted octanol–water partition coefficient (Wildman–Crippen LogP) is 2.12. The van der Waals surface area contributed by atoms with Gasteiger partial charge in [-0.25, -0.2) is 0 Å². The molecule has 1 rings (SSSR count). The summed E-state index contributed by atoms with van der Waals surface area (Å²) >= 11 is 0. The van der Waals surface area contributed by atoms with Crippen LogP contribution in [0.3, 0.4) is 0 Å². The molecule has 1 N–H and O–H groups in total. The Bertz CT molecular complexity index is 253. The van der Waals surface area contributed by atoms with Gasteiger partial charge in [-0.2, -0.15) is 0 Å². The number of hydrogen-bond acceptors (Lipinski definition) is 1. The summed E-state index contributed by atoms with van der Waals surface area (Å²) in [5.74, 6) is 0. The number of hydrogen-bond donors (Lipinski definition) is 1. The maximum Gasteiger partial charge on any atom is 0.0559 e. The van der Waals surface area contributed by atoms with Gasteiger partial charge in [0.25, 0.3) is 0 Å². The van der Waals surface area contributed by atoms with Crippen LogP contribution in [0, 0.1) is 0 Å². The molecule has 0 aliphatic heterocycles. The monoisotopic (exact) mass is 162 g/mol. The Kier molecular flexibility index (Phi) is 2.66. The minimum Gasteiger partial charge on any atom is -0.395 e. The Morgan fingerprint density at radius 3 is 2.42 bits per heavy atom. The Balaban J connectivity index is 3.03. The van der Waals surface area contributed by atoms with E-state index in [1.807, 2.05) is 37.3 Å². The van der Waals surface area contributed by atoms with Crippen LogP contribution in [0.2, 0.25) is 0 Å². The molecular weight excluding hydrogens is 148 g/mol. The third-order valence-electron chi connectivity index (χ3n) is 2.21. The third kappa shape index (κ3) is 1.56. The second-order valence-electron chi connectivity index (χ2n) is 3.15. The highest BCUT2D eigenvalue weighted by molar-refractivity contribution is 5.28. The molecule has 0 saturated carbocycles. The van der Waals surface area contributed by atoms with Crippen LogP contribution >= 0.6 is 0 Å². The van der Waals surface area contributed by atoms with Gasteiger partial charge in [0, 0.05) is 5.41 Å². The standard InChI is InChI=1S/C11H14O/c1-3-11(2,9-12)10-7-5-4-6-8-10/h3-8,12H,1,9H2,2H3/t11-/m1/s1. The second kappa shape index (κ2) is 3.55. The van der Waals surface area contributed by atoms with Gasteiger partial charge in [0.15, 0.2) is 0 Å². The maximum atomic E-state index is 9.17. The zero-order valence-electron chi connectivity index (χ0n) is 7.33. The van der Waals surface area contributed by atoms with Gasteiger partial charge in [-0.1, -0.05) is 36.4 Å². The molecule has 0 aliphatic rings. The molecule has 0 spiro atoms. The van der Waals surface area contributed by atoms with Gasteiger partial charge in [0.05, 0.1) is 6.61 Å². The molecule has 12 heavy (non-hydrogen) atoms. The van der Waals surface area contributed by atoms with Crippen LogP contribution in [0.4, 0.5) is 0 Å². The van der Waals surface area contributed by atoms with Crippen molar-refractivity contribution in [2.24, 2.45) is 0 Å². The van der Waals surface area contributed by atoms with E-state index in [2.05, 4.69) is 6.58 Å². The quantitative estimate of drug-likeness (QED) is 0.675. The van der Waals surface area contributed by atoms with Crippen LogP contribution in [0.1, 0.15) is 12.5 Å². The minimum atomic E-state index is -0.304. The van der Waals surface area contributed by atoms with Crippen molar-refractivity contribution in [1.29, 1.82) is 0 Å². The zero-order chi connectivity index (χ0) is 9.03. The fourth-order valence-corrected chi connectivity index (χ4v) is 1.09. The summed E-state index contributed by atoms with van der Waals surface area (Å²) in [5.41, 5.74) is 0.795. The Morgan fingerprint density at radius 2 is 2.00 bits per heavy atom. The van der Waals surface area contributed by atoms with Crippen molar-refractivity contribution < 1.29 is 5.11 Å². The van der Waals surface area contributed by atoms with Crippen LogP contribution in [-0.2, 0) is 5.41 Å². The first-order valence-corrected chi connectivity index (χ1v) is 4.03. The van der Waals surface area contributed by atoms with Crippen molar-refractivity contribution in [2.75, 3.05) is 6.61 Å². The molecule has 0 heterocycles. The van der Waals surface area contributed by atoms with E-state index in [9.17, 15) is 0 Å². The summed E-state index contributed by atoms with van der Waals surface area (Å²) in [5, 5.41) is 9.17. The summed E-state index contributed by atoms with van der Waals surface area (Å²) in [6.45, 7) is 5.79. The minimum absolute atomic E-state index is 0.0977. The fourth-order valence-electron chi connectivity index (χ4n) is 1.09. The summed E-state index contributed by atoms with van der Waals surface area (Å²) in [4.78, 5) is 0. The summed E-state index contributed by atoms with van der Waals surface area (Å²) in [6, 6.07) is 9.89. The van der Waals surface area contributed by atoms with Gasteiger partial charge < -0.3 is 5.11 Å². The van der Waals surface area contributed by atoms with Crippen molar-refractivity contribution in [2.45, 2.75) is 12.3 Å². The average molecular weight is 162 g/mol. The molecule has 0 bridgehead atoms. The zero-order valence-corrected chi connectivity index (χ0v) is 7.33. The van der Waals surface area contributed by atoms with E-state index in [0.717, 1.165) is 5.56 Å². The molecule has 1 heteroatoms. The van der Waals surface area contributed by atoms with E-state index in [-0.39, 0.29) is 12.0 Å². The molecule has 1 nitrogen and oxygen atoms in total. The van der Waals surface area contributed by atoms with Gasteiger partial charge in [0.1, 0.15) is 0 Å². The van der Waals surface area contributed by atoms with E-state index in [4.69, 9.17) is 5.11 Å². The van der Waals surface area contributed by atoms with E-state index >= 15 is 0 Å². The van der Waals surface area contributed by atoms with Crippen molar-refractivity contribution in [3.05, 3.63) is 48.6 Å². The molecule has 0 unspecified atom stereocenters. The van der Waals surface area contributed by atoms with Crippen molar-refractivity contribution >= 4 is 0 Å². The molecule has 64 valence electrons.